The fourth-order valence-corrected chi connectivity index (χ4v) is 4.09. The summed E-state index contributed by atoms with van der Waals surface area (Å²) in [5.41, 5.74) is 6.25. The van der Waals surface area contributed by atoms with Gasteiger partial charge in [0.25, 0.3) is 0 Å². The third-order valence-corrected chi connectivity index (χ3v) is 8.25. The minimum absolute atomic E-state index is 0.116. The van der Waals surface area contributed by atoms with E-state index in [0.29, 0.717) is 5.69 Å². The number of nitrogens with two attached hydrogens (primary N) is 1. The van der Waals surface area contributed by atoms with Gasteiger partial charge in [-0.2, -0.15) is 0 Å². The van der Waals surface area contributed by atoms with Gasteiger partial charge in [0.1, 0.15) is 0 Å². The molecule has 0 heterocycles. The van der Waals surface area contributed by atoms with E-state index in [2.05, 4.69) is 15.9 Å². The first-order valence-corrected chi connectivity index (χ1v) is 8.25. The van der Waals surface area contributed by atoms with E-state index in [1.807, 2.05) is 0 Å². The second-order valence-electron chi connectivity index (χ2n) is 3.37. The van der Waals surface area contributed by atoms with Gasteiger partial charge in [0.05, 0.1) is 5.75 Å². The number of benzene rings is 1. The lowest BCUT2D eigenvalue weighted by Gasteiger charge is -2.18. The molecule has 1 rings (SSSR count). The standard InChI is InChI=1S/C10H11BrINO3S/c1-2-17(15,16)10(11,12)9(14)7-4-3-5-8(13)6-7/h3-6H,2,13H2,1H3/t10-/m0/s1. The van der Waals surface area contributed by atoms with Gasteiger partial charge < -0.3 is 5.73 Å². The molecule has 0 radical (unpaired) electrons. The Hall–Kier alpha value is -0.150. The number of nitrogen functional groups attached to an aromatic ring is 1. The highest BCUT2D eigenvalue weighted by atomic mass is 127. The molecule has 0 amide bonds. The summed E-state index contributed by atoms with van der Waals surface area (Å²) < 4.78 is 22.0. The van der Waals surface area contributed by atoms with Gasteiger partial charge in [-0.1, -0.05) is 19.1 Å². The van der Waals surface area contributed by atoms with Crippen molar-refractivity contribution in [2.45, 2.75) is 8.59 Å². The van der Waals surface area contributed by atoms with Gasteiger partial charge in [-0.25, -0.2) is 8.42 Å². The lowest BCUT2D eigenvalue weighted by molar-refractivity contribution is 0.101. The molecule has 0 bridgehead atoms. The largest absolute Gasteiger partial charge is 0.399 e. The van der Waals surface area contributed by atoms with Crippen LogP contribution < -0.4 is 5.73 Å². The zero-order valence-corrected chi connectivity index (χ0v) is 13.5. The van der Waals surface area contributed by atoms with Crippen LogP contribution in [0.25, 0.3) is 0 Å². The Morgan fingerprint density at radius 3 is 2.59 bits per heavy atom. The number of hydrogen-bond acceptors (Lipinski definition) is 4. The SMILES string of the molecule is CCS(=O)(=O)[C@@](Br)(I)C(=O)c1cccc(N)c1. The molecule has 2 N–H and O–H groups in total. The van der Waals surface area contributed by atoms with Gasteiger partial charge in [-0.05, 0) is 50.7 Å². The predicted molar refractivity (Wildman–Crippen MR) is 80.3 cm³/mol. The summed E-state index contributed by atoms with van der Waals surface area (Å²) >= 11 is 4.60. The van der Waals surface area contributed by atoms with Crippen LogP contribution in [0.2, 0.25) is 0 Å². The van der Waals surface area contributed by atoms with Crippen molar-refractivity contribution in [1.82, 2.24) is 0 Å². The molecule has 17 heavy (non-hydrogen) atoms. The van der Waals surface area contributed by atoms with Crippen molar-refractivity contribution in [3.63, 3.8) is 0 Å². The number of alkyl halides is 2. The Kier molecular flexibility index (Phi) is 4.59. The number of sulfone groups is 1. The van der Waals surface area contributed by atoms with E-state index in [4.69, 9.17) is 5.73 Å². The van der Waals surface area contributed by atoms with E-state index in [9.17, 15) is 13.2 Å². The molecule has 0 aliphatic heterocycles. The van der Waals surface area contributed by atoms with Crippen LogP contribution in [0.5, 0.6) is 0 Å². The van der Waals surface area contributed by atoms with Crippen LogP contribution >= 0.6 is 38.5 Å². The first-order chi connectivity index (χ1) is 7.72. The average molecular weight is 432 g/mol. The zero-order chi connectivity index (χ0) is 13.3. The maximum atomic E-state index is 12.1. The molecule has 94 valence electrons. The lowest BCUT2D eigenvalue weighted by Crippen LogP contribution is -2.35. The van der Waals surface area contributed by atoms with Crippen molar-refractivity contribution < 1.29 is 13.2 Å². The van der Waals surface area contributed by atoms with Crippen LogP contribution in [0.1, 0.15) is 17.3 Å². The van der Waals surface area contributed by atoms with Crippen molar-refractivity contribution in [3.8, 4) is 0 Å². The summed E-state index contributed by atoms with van der Waals surface area (Å²) in [4.78, 5) is 12.1. The van der Waals surface area contributed by atoms with E-state index in [-0.39, 0.29) is 11.3 Å². The van der Waals surface area contributed by atoms with Gasteiger partial charge in [0.15, 0.2) is 9.84 Å². The Morgan fingerprint density at radius 2 is 2.12 bits per heavy atom. The van der Waals surface area contributed by atoms with Gasteiger partial charge >= 0.3 is 0 Å². The molecule has 0 aromatic heterocycles. The highest BCUT2D eigenvalue weighted by Crippen LogP contribution is 2.37. The molecule has 1 aromatic rings. The van der Waals surface area contributed by atoms with Crippen molar-refractivity contribution in [1.29, 1.82) is 0 Å². The van der Waals surface area contributed by atoms with Crippen molar-refractivity contribution >= 4 is 59.8 Å². The third-order valence-electron chi connectivity index (χ3n) is 2.18. The zero-order valence-electron chi connectivity index (χ0n) is 8.98. The minimum Gasteiger partial charge on any atom is -0.399 e. The van der Waals surface area contributed by atoms with E-state index in [1.165, 1.54) is 13.0 Å². The molecule has 0 fully saturated rings. The number of carbonyl (C=O) groups excluding carboxylic acids is 1. The lowest BCUT2D eigenvalue weighted by atomic mass is 10.1. The second-order valence-corrected chi connectivity index (χ2v) is 11.3. The Balaban J connectivity index is 3.23. The Morgan fingerprint density at radius 1 is 1.53 bits per heavy atom. The maximum absolute atomic E-state index is 12.1. The highest BCUT2D eigenvalue weighted by Gasteiger charge is 2.45. The fourth-order valence-electron chi connectivity index (χ4n) is 1.17. The summed E-state index contributed by atoms with van der Waals surface area (Å²) in [6.07, 6.45) is 0. The van der Waals surface area contributed by atoms with Gasteiger partial charge in [-0.15, -0.1) is 0 Å². The quantitative estimate of drug-likeness (QED) is 0.343. The molecule has 0 spiro atoms. The van der Waals surface area contributed by atoms with E-state index < -0.39 is 17.3 Å². The summed E-state index contributed by atoms with van der Waals surface area (Å²) in [7, 11) is -3.54. The van der Waals surface area contributed by atoms with E-state index >= 15 is 0 Å². The summed E-state index contributed by atoms with van der Waals surface area (Å²) in [6.45, 7) is 1.50. The topological polar surface area (TPSA) is 77.2 Å². The molecule has 1 aromatic carbocycles. The van der Waals surface area contributed by atoms with Crippen LogP contribution in [0.15, 0.2) is 24.3 Å². The molecule has 0 saturated heterocycles. The summed E-state index contributed by atoms with van der Waals surface area (Å²) in [5, 5.41) is 0. The number of halogens is 2. The molecular formula is C10H11BrINO3S. The molecule has 4 nitrogen and oxygen atoms in total. The van der Waals surface area contributed by atoms with Crippen molar-refractivity contribution in [2.24, 2.45) is 0 Å². The van der Waals surface area contributed by atoms with Crippen molar-refractivity contribution in [2.75, 3.05) is 11.5 Å². The number of anilines is 1. The number of Topliss-reactive ketones (excluding diaryl/α,β-unsaturated/α-hetero) is 1. The fraction of sp³-hybridized carbons (Fsp3) is 0.300. The number of hydrogen-bond donors (Lipinski definition) is 1. The number of ketones is 1. The average Bonchev–Trinajstić information content (AvgIpc) is 2.27. The summed E-state index contributed by atoms with van der Waals surface area (Å²) in [5.74, 6) is -0.637. The van der Waals surface area contributed by atoms with E-state index in [1.54, 1.807) is 40.8 Å². The number of rotatable bonds is 4. The molecule has 0 saturated carbocycles. The smallest absolute Gasteiger partial charge is 0.239 e. The Bertz CT molecular complexity index is 542. The minimum atomic E-state index is -3.54. The second kappa shape index (κ2) is 5.23. The highest BCUT2D eigenvalue weighted by molar-refractivity contribution is 14.1. The van der Waals surface area contributed by atoms with Gasteiger partial charge in [0.2, 0.25) is 7.45 Å². The summed E-state index contributed by atoms with van der Waals surface area (Å²) in [6, 6.07) is 6.25. The maximum Gasteiger partial charge on any atom is 0.239 e. The normalized spacial score (nSPS) is 15.2. The molecule has 0 unspecified atom stereocenters. The van der Waals surface area contributed by atoms with Crippen molar-refractivity contribution in [3.05, 3.63) is 29.8 Å². The first-order valence-electron chi connectivity index (χ1n) is 4.73. The van der Waals surface area contributed by atoms with Crippen LogP contribution in [0.3, 0.4) is 0 Å². The molecule has 0 aliphatic rings. The van der Waals surface area contributed by atoms with E-state index in [0.717, 1.165) is 0 Å². The Labute approximate surface area is 122 Å². The molecule has 1 atom stereocenters. The third kappa shape index (κ3) is 3.00. The molecule has 7 heteroatoms. The van der Waals surface area contributed by atoms with Crippen LogP contribution in [0, 0.1) is 0 Å². The van der Waals surface area contributed by atoms with Crippen LogP contribution in [0.4, 0.5) is 5.69 Å². The molecule has 0 aliphatic carbocycles. The van der Waals surface area contributed by atoms with Gasteiger partial charge in [0, 0.05) is 11.3 Å². The first kappa shape index (κ1) is 14.9. The molecular weight excluding hydrogens is 421 g/mol. The van der Waals surface area contributed by atoms with Crippen LogP contribution in [-0.2, 0) is 9.84 Å². The predicted octanol–water partition coefficient (Wildman–Crippen LogP) is 2.37. The van der Waals surface area contributed by atoms with Crippen LogP contribution in [-0.4, -0.2) is 21.6 Å². The monoisotopic (exact) mass is 431 g/mol. The van der Waals surface area contributed by atoms with Gasteiger partial charge in [-0.3, -0.25) is 4.79 Å². The number of carbonyl (C=O) groups is 1.